The van der Waals surface area contributed by atoms with Crippen LogP contribution in [0.25, 0.3) is 0 Å². The van der Waals surface area contributed by atoms with E-state index in [1.54, 1.807) is 23.7 Å². The fourth-order valence-corrected chi connectivity index (χ4v) is 2.70. The minimum Gasteiger partial charge on any atom is -0.476 e. The number of carbonyl (C=O) groups is 1. The molecule has 0 unspecified atom stereocenters. The average Bonchev–Trinajstić information content (AvgIpc) is 2.77. The van der Waals surface area contributed by atoms with Gasteiger partial charge in [0.25, 0.3) is 0 Å². The normalized spacial score (nSPS) is 10.4. The van der Waals surface area contributed by atoms with Gasteiger partial charge in [-0.3, -0.25) is 0 Å². The lowest BCUT2D eigenvalue weighted by atomic mass is 10.4. The molecule has 0 saturated carbocycles. The van der Waals surface area contributed by atoms with E-state index in [1.807, 2.05) is 0 Å². The monoisotopic (exact) mass is 267 g/mol. The minimum absolute atomic E-state index is 0.106. The van der Waals surface area contributed by atoms with Gasteiger partial charge in [0.2, 0.25) is 5.01 Å². The van der Waals surface area contributed by atoms with Crippen LogP contribution in [0.15, 0.2) is 28.7 Å². The second kappa shape index (κ2) is 5.15. The molecular formula is C10H9N3O2S2. The predicted octanol–water partition coefficient (Wildman–Crippen LogP) is 2.11. The number of nitrogen functional groups attached to an aromatic ring is 1. The highest BCUT2D eigenvalue weighted by molar-refractivity contribution is 7.98. The number of thiazole rings is 1. The fourth-order valence-electron chi connectivity index (χ4n) is 1.14. The first-order chi connectivity index (χ1) is 8.16. The van der Waals surface area contributed by atoms with Gasteiger partial charge in [0.15, 0.2) is 0 Å². The molecule has 17 heavy (non-hydrogen) atoms. The van der Waals surface area contributed by atoms with Gasteiger partial charge >= 0.3 is 5.97 Å². The Balaban J connectivity index is 2.02. The van der Waals surface area contributed by atoms with E-state index >= 15 is 0 Å². The number of nitrogens with two attached hydrogens (primary N) is 1. The van der Waals surface area contributed by atoms with E-state index in [4.69, 9.17) is 10.8 Å². The van der Waals surface area contributed by atoms with Crippen LogP contribution in [-0.2, 0) is 5.75 Å². The number of carboxylic acids is 1. The average molecular weight is 267 g/mol. The van der Waals surface area contributed by atoms with Crippen LogP contribution in [0, 0.1) is 0 Å². The van der Waals surface area contributed by atoms with Crippen molar-refractivity contribution >= 4 is 34.8 Å². The van der Waals surface area contributed by atoms with Crippen molar-refractivity contribution in [2.45, 2.75) is 10.8 Å². The SMILES string of the molecule is Nc1cccnc1SCc1csc(C(=O)O)n1. The van der Waals surface area contributed by atoms with Crippen LogP contribution < -0.4 is 5.73 Å². The van der Waals surface area contributed by atoms with Crippen LogP contribution in [0.2, 0.25) is 0 Å². The maximum absolute atomic E-state index is 10.7. The van der Waals surface area contributed by atoms with Gasteiger partial charge in [-0.25, -0.2) is 14.8 Å². The van der Waals surface area contributed by atoms with Crippen LogP contribution in [0.4, 0.5) is 5.69 Å². The molecule has 2 aromatic rings. The fraction of sp³-hybridized carbons (Fsp3) is 0.100. The Morgan fingerprint density at radius 1 is 1.59 bits per heavy atom. The largest absolute Gasteiger partial charge is 0.476 e. The molecule has 0 aliphatic carbocycles. The van der Waals surface area contributed by atoms with E-state index in [-0.39, 0.29) is 5.01 Å². The van der Waals surface area contributed by atoms with Crippen molar-refractivity contribution in [3.05, 3.63) is 34.4 Å². The van der Waals surface area contributed by atoms with E-state index in [0.29, 0.717) is 11.4 Å². The van der Waals surface area contributed by atoms with Crippen molar-refractivity contribution in [3.63, 3.8) is 0 Å². The second-order valence-electron chi connectivity index (χ2n) is 3.14. The van der Waals surface area contributed by atoms with E-state index in [9.17, 15) is 4.79 Å². The molecule has 88 valence electrons. The van der Waals surface area contributed by atoms with Crippen molar-refractivity contribution in [1.29, 1.82) is 0 Å². The number of carboxylic acid groups (broad SMARTS) is 1. The molecule has 7 heteroatoms. The van der Waals surface area contributed by atoms with Crippen LogP contribution in [0.5, 0.6) is 0 Å². The first kappa shape index (κ1) is 11.9. The number of aromatic nitrogens is 2. The van der Waals surface area contributed by atoms with Gasteiger partial charge in [0, 0.05) is 17.3 Å². The van der Waals surface area contributed by atoms with E-state index < -0.39 is 5.97 Å². The summed E-state index contributed by atoms with van der Waals surface area (Å²) in [6.07, 6.45) is 1.67. The van der Waals surface area contributed by atoms with E-state index in [0.717, 1.165) is 22.1 Å². The molecule has 2 heterocycles. The van der Waals surface area contributed by atoms with Gasteiger partial charge in [-0.05, 0) is 12.1 Å². The maximum Gasteiger partial charge on any atom is 0.365 e. The summed E-state index contributed by atoms with van der Waals surface area (Å²) >= 11 is 2.56. The lowest BCUT2D eigenvalue weighted by Gasteiger charge is -2.01. The number of nitrogens with zero attached hydrogens (tertiary/aromatic N) is 2. The van der Waals surface area contributed by atoms with E-state index in [2.05, 4.69) is 9.97 Å². The molecule has 0 bridgehead atoms. The molecule has 2 aromatic heterocycles. The van der Waals surface area contributed by atoms with Crippen LogP contribution in [-0.4, -0.2) is 21.0 Å². The first-order valence-electron chi connectivity index (χ1n) is 4.68. The Kier molecular flexibility index (Phi) is 3.60. The summed E-state index contributed by atoms with van der Waals surface area (Å²) in [7, 11) is 0. The molecule has 5 nitrogen and oxygen atoms in total. The quantitative estimate of drug-likeness (QED) is 0.825. The van der Waals surface area contributed by atoms with Gasteiger partial charge in [-0.15, -0.1) is 11.3 Å². The Bertz CT molecular complexity index is 542. The Morgan fingerprint density at radius 3 is 3.06 bits per heavy atom. The summed E-state index contributed by atoms with van der Waals surface area (Å²) in [5, 5.41) is 11.3. The topological polar surface area (TPSA) is 89.1 Å². The molecule has 0 fully saturated rings. The van der Waals surface area contributed by atoms with Crippen molar-refractivity contribution in [3.8, 4) is 0 Å². The zero-order valence-corrected chi connectivity index (χ0v) is 10.3. The molecule has 0 radical (unpaired) electrons. The maximum atomic E-state index is 10.7. The predicted molar refractivity (Wildman–Crippen MR) is 67.3 cm³/mol. The zero-order valence-electron chi connectivity index (χ0n) is 8.66. The highest BCUT2D eigenvalue weighted by atomic mass is 32.2. The number of hydrogen-bond acceptors (Lipinski definition) is 6. The Morgan fingerprint density at radius 2 is 2.41 bits per heavy atom. The van der Waals surface area contributed by atoms with Crippen LogP contribution in [0.3, 0.4) is 0 Å². The number of pyridine rings is 1. The third-order valence-corrected chi connectivity index (χ3v) is 3.83. The number of anilines is 1. The number of hydrogen-bond donors (Lipinski definition) is 2. The van der Waals surface area contributed by atoms with Crippen LogP contribution in [0.1, 0.15) is 15.5 Å². The van der Waals surface area contributed by atoms with E-state index in [1.165, 1.54) is 11.8 Å². The number of thioether (sulfide) groups is 1. The summed E-state index contributed by atoms with van der Waals surface area (Å²) in [6.45, 7) is 0. The lowest BCUT2D eigenvalue weighted by Crippen LogP contribution is -1.95. The molecule has 0 amide bonds. The Hall–Kier alpha value is -1.60. The van der Waals surface area contributed by atoms with Gasteiger partial charge in [0.1, 0.15) is 5.03 Å². The zero-order chi connectivity index (χ0) is 12.3. The molecule has 0 aliphatic rings. The molecule has 0 saturated heterocycles. The van der Waals surface area contributed by atoms with Gasteiger partial charge < -0.3 is 10.8 Å². The van der Waals surface area contributed by atoms with Gasteiger partial charge in [-0.1, -0.05) is 11.8 Å². The Labute approximate surface area is 106 Å². The second-order valence-corrected chi connectivity index (χ2v) is 4.96. The lowest BCUT2D eigenvalue weighted by molar-refractivity contribution is 0.0696. The van der Waals surface area contributed by atoms with Gasteiger partial charge in [0.05, 0.1) is 11.4 Å². The molecule has 2 rings (SSSR count). The minimum atomic E-state index is -0.997. The van der Waals surface area contributed by atoms with Crippen molar-refractivity contribution in [1.82, 2.24) is 9.97 Å². The summed E-state index contributed by atoms with van der Waals surface area (Å²) in [6, 6.07) is 3.55. The smallest absolute Gasteiger partial charge is 0.365 e. The molecule has 0 aromatic carbocycles. The summed E-state index contributed by atoms with van der Waals surface area (Å²) in [4.78, 5) is 18.8. The summed E-state index contributed by atoms with van der Waals surface area (Å²) in [5.74, 6) is -0.436. The van der Waals surface area contributed by atoms with Crippen molar-refractivity contribution < 1.29 is 9.90 Å². The highest BCUT2D eigenvalue weighted by Crippen LogP contribution is 2.25. The van der Waals surface area contributed by atoms with Crippen LogP contribution >= 0.6 is 23.1 Å². The summed E-state index contributed by atoms with van der Waals surface area (Å²) < 4.78 is 0. The molecule has 0 spiro atoms. The number of aromatic carboxylic acids is 1. The summed E-state index contributed by atoms with van der Waals surface area (Å²) in [5.41, 5.74) is 7.08. The van der Waals surface area contributed by atoms with Crippen molar-refractivity contribution in [2.24, 2.45) is 0 Å². The van der Waals surface area contributed by atoms with Crippen molar-refractivity contribution in [2.75, 3.05) is 5.73 Å². The molecule has 3 N–H and O–H groups in total. The molecular weight excluding hydrogens is 258 g/mol. The molecule has 0 aliphatic heterocycles. The molecule has 0 atom stereocenters. The third-order valence-electron chi connectivity index (χ3n) is 1.89. The number of rotatable bonds is 4. The third kappa shape index (κ3) is 2.95. The first-order valence-corrected chi connectivity index (χ1v) is 6.54. The highest BCUT2D eigenvalue weighted by Gasteiger charge is 2.09. The van der Waals surface area contributed by atoms with Gasteiger partial charge in [-0.2, -0.15) is 0 Å². The standard InChI is InChI=1S/C10H9N3O2S2/c11-7-2-1-3-12-8(7)16-4-6-5-17-9(13-6)10(14)15/h1-3,5H,4,11H2,(H,14,15).